The van der Waals surface area contributed by atoms with E-state index in [0.717, 1.165) is 6.07 Å². The Balaban J connectivity index is 2.20. The summed E-state index contributed by atoms with van der Waals surface area (Å²) in [6.45, 7) is -0.348. The molecule has 0 aliphatic rings. The van der Waals surface area contributed by atoms with Gasteiger partial charge in [0.25, 0.3) is 5.91 Å². The van der Waals surface area contributed by atoms with Crippen molar-refractivity contribution in [2.75, 3.05) is 5.32 Å². The third-order valence-electron chi connectivity index (χ3n) is 2.55. The minimum absolute atomic E-state index is 0.0255. The van der Waals surface area contributed by atoms with E-state index in [4.69, 9.17) is 16.7 Å². The molecule has 0 fully saturated rings. The molecule has 0 saturated carbocycles. The van der Waals surface area contributed by atoms with Crippen molar-refractivity contribution in [1.82, 2.24) is 4.57 Å². The number of aromatic nitrogens is 1. The van der Waals surface area contributed by atoms with Gasteiger partial charge in [0.15, 0.2) is 0 Å². The molecule has 1 amide bonds. The number of halogens is 2. The summed E-state index contributed by atoms with van der Waals surface area (Å²) in [5.41, 5.74) is 0.101. The summed E-state index contributed by atoms with van der Waals surface area (Å²) in [6.07, 6.45) is 1.46. The predicted molar refractivity (Wildman–Crippen MR) is 71.4 cm³/mol. The number of hydrogen-bond donors (Lipinski definition) is 2. The Morgan fingerprint density at radius 2 is 2.10 bits per heavy atom. The zero-order valence-corrected chi connectivity index (χ0v) is 10.9. The van der Waals surface area contributed by atoms with Gasteiger partial charge in [-0.15, -0.1) is 0 Å². The molecule has 1 aromatic heterocycles. The zero-order chi connectivity index (χ0) is 14.7. The molecule has 0 spiro atoms. The Hall–Kier alpha value is -2.34. The number of nitrogens with one attached hydrogen (secondary N) is 1. The Bertz CT molecular complexity index is 669. The van der Waals surface area contributed by atoms with Crippen LogP contribution in [0.4, 0.5) is 10.1 Å². The monoisotopic (exact) mass is 296 g/mol. The van der Waals surface area contributed by atoms with E-state index in [9.17, 15) is 14.0 Å². The molecule has 7 heteroatoms. The van der Waals surface area contributed by atoms with Crippen LogP contribution in [0.25, 0.3) is 0 Å². The van der Waals surface area contributed by atoms with E-state index in [-0.39, 0.29) is 22.9 Å². The first-order chi connectivity index (χ1) is 9.47. The molecule has 2 rings (SSSR count). The van der Waals surface area contributed by atoms with E-state index < -0.39 is 17.7 Å². The SMILES string of the molecule is O=C(O)Cn1cccc1C(=O)Nc1ccc(Cl)cc1F. The van der Waals surface area contributed by atoms with Crippen LogP contribution < -0.4 is 5.32 Å². The third-order valence-corrected chi connectivity index (χ3v) is 2.78. The Kier molecular flexibility index (Phi) is 4.05. The Morgan fingerprint density at radius 3 is 2.75 bits per heavy atom. The minimum Gasteiger partial charge on any atom is -0.480 e. The number of amides is 1. The topological polar surface area (TPSA) is 71.3 Å². The van der Waals surface area contributed by atoms with Gasteiger partial charge in [0.2, 0.25) is 0 Å². The normalized spacial score (nSPS) is 10.3. The number of aliphatic carboxylic acids is 1. The van der Waals surface area contributed by atoms with Crippen LogP contribution in [0.1, 0.15) is 10.5 Å². The van der Waals surface area contributed by atoms with Gasteiger partial charge in [-0.25, -0.2) is 4.39 Å². The van der Waals surface area contributed by atoms with Crippen LogP contribution in [0, 0.1) is 5.82 Å². The standard InChI is InChI=1S/C13H10ClFN2O3/c14-8-3-4-10(9(15)6-8)16-13(20)11-2-1-5-17(11)7-12(18)19/h1-6H,7H2,(H,16,20)(H,18,19). The summed E-state index contributed by atoms with van der Waals surface area (Å²) >= 11 is 5.61. The summed E-state index contributed by atoms with van der Waals surface area (Å²) in [5.74, 6) is -2.34. The van der Waals surface area contributed by atoms with Gasteiger partial charge in [-0.1, -0.05) is 11.6 Å². The first-order valence-electron chi connectivity index (χ1n) is 5.60. The van der Waals surface area contributed by atoms with Crippen LogP contribution in [0.15, 0.2) is 36.5 Å². The summed E-state index contributed by atoms with van der Waals surface area (Å²) in [5, 5.41) is 11.3. The van der Waals surface area contributed by atoms with Crippen molar-refractivity contribution in [1.29, 1.82) is 0 Å². The van der Waals surface area contributed by atoms with Crippen LogP contribution in [0.5, 0.6) is 0 Å². The largest absolute Gasteiger partial charge is 0.480 e. The summed E-state index contributed by atoms with van der Waals surface area (Å²) in [4.78, 5) is 22.7. The highest BCUT2D eigenvalue weighted by atomic mass is 35.5. The molecule has 2 N–H and O–H groups in total. The summed E-state index contributed by atoms with van der Waals surface area (Å²) in [7, 11) is 0. The average molecular weight is 297 g/mol. The smallest absolute Gasteiger partial charge is 0.323 e. The van der Waals surface area contributed by atoms with E-state index >= 15 is 0 Å². The van der Waals surface area contributed by atoms with E-state index in [1.54, 1.807) is 0 Å². The van der Waals surface area contributed by atoms with Crippen LogP contribution in [-0.4, -0.2) is 21.6 Å². The quantitative estimate of drug-likeness (QED) is 0.911. The lowest BCUT2D eigenvalue weighted by molar-refractivity contribution is -0.137. The maximum absolute atomic E-state index is 13.6. The molecule has 0 radical (unpaired) electrons. The highest BCUT2D eigenvalue weighted by Gasteiger charge is 2.14. The maximum atomic E-state index is 13.6. The molecule has 0 unspecified atom stereocenters. The molecule has 1 heterocycles. The lowest BCUT2D eigenvalue weighted by Gasteiger charge is -2.09. The van der Waals surface area contributed by atoms with Crippen LogP contribution in [0.3, 0.4) is 0 Å². The van der Waals surface area contributed by atoms with Gasteiger partial charge in [0, 0.05) is 11.2 Å². The van der Waals surface area contributed by atoms with Gasteiger partial charge in [0.1, 0.15) is 18.1 Å². The number of rotatable bonds is 4. The van der Waals surface area contributed by atoms with Gasteiger partial charge in [-0.3, -0.25) is 9.59 Å². The molecular weight excluding hydrogens is 287 g/mol. The molecule has 5 nitrogen and oxygen atoms in total. The van der Waals surface area contributed by atoms with Crippen molar-refractivity contribution in [2.45, 2.75) is 6.54 Å². The number of nitrogens with zero attached hydrogens (tertiary/aromatic N) is 1. The second kappa shape index (κ2) is 5.75. The molecule has 0 saturated heterocycles. The van der Waals surface area contributed by atoms with E-state index in [1.807, 2.05) is 0 Å². The number of hydrogen-bond acceptors (Lipinski definition) is 2. The van der Waals surface area contributed by atoms with Gasteiger partial charge in [-0.05, 0) is 30.3 Å². The molecule has 1 aromatic carbocycles. The first-order valence-corrected chi connectivity index (χ1v) is 5.98. The number of carbonyl (C=O) groups is 2. The molecule has 0 bridgehead atoms. The van der Waals surface area contributed by atoms with E-state index in [2.05, 4.69) is 5.32 Å². The molecule has 0 aliphatic carbocycles. The van der Waals surface area contributed by atoms with Crippen LogP contribution >= 0.6 is 11.6 Å². The average Bonchev–Trinajstić information content (AvgIpc) is 2.80. The van der Waals surface area contributed by atoms with Crippen molar-refractivity contribution in [3.8, 4) is 0 Å². The van der Waals surface area contributed by atoms with E-state index in [1.165, 1.54) is 35.0 Å². The third kappa shape index (κ3) is 3.16. The van der Waals surface area contributed by atoms with Crippen molar-refractivity contribution >= 4 is 29.2 Å². The van der Waals surface area contributed by atoms with Crippen molar-refractivity contribution in [2.24, 2.45) is 0 Å². The fourth-order valence-corrected chi connectivity index (χ4v) is 1.84. The first kappa shape index (κ1) is 14.1. The number of carbonyl (C=O) groups excluding carboxylic acids is 1. The van der Waals surface area contributed by atoms with E-state index in [0.29, 0.717) is 0 Å². The molecule has 104 valence electrons. The number of carboxylic acids is 1. The van der Waals surface area contributed by atoms with Gasteiger partial charge in [0.05, 0.1) is 5.69 Å². The number of anilines is 1. The minimum atomic E-state index is -1.08. The zero-order valence-electron chi connectivity index (χ0n) is 10.1. The Morgan fingerprint density at radius 1 is 1.35 bits per heavy atom. The van der Waals surface area contributed by atoms with Gasteiger partial charge < -0.3 is 15.0 Å². The van der Waals surface area contributed by atoms with Crippen molar-refractivity contribution in [3.05, 3.63) is 53.1 Å². The van der Waals surface area contributed by atoms with Crippen LogP contribution in [0.2, 0.25) is 5.02 Å². The molecule has 0 atom stereocenters. The molecular formula is C13H10ClFN2O3. The highest BCUT2D eigenvalue weighted by Crippen LogP contribution is 2.19. The van der Waals surface area contributed by atoms with Crippen molar-refractivity contribution in [3.63, 3.8) is 0 Å². The van der Waals surface area contributed by atoms with Gasteiger partial charge in [-0.2, -0.15) is 0 Å². The second-order valence-corrected chi connectivity index (χ2v) is 4.43. The molecule has 2 aromatic rings. The maximum Gasteiger partial charge on any atom is 0.323 e. The summed E-state index contributed by atoms with van der Waals surface area (Å²) < 4.78 is 14.8. The van der Waals surface area contributed by atoms with Gasteiger partial charge >= 0.3 is 5.97 Å². The molecule has 20 heavy (non-hydrogen) atoms. The lowest BCUT2D eigenvalue weighted by atomic mass is 10.3. The second-order valence-electron chi connectivity index (χ2n) is 3.99. The number of carboxylic acid groups (broad SMARTS) is 1. The fourth-order valence-electron chi connectivity index (χ4n) is 1.68. The number of benzene rings is 1. The highest BCUT2D eigenvalue weighted by molar-refractivity contribution is 6.30. The molecule has 0 aliphatic heterocycles. The Labute approximate surface area is 118 Å². The van der Waals surface area contributed by atoms with Crippen LogP contribution in [-0.2, 0) is 11.3 Å². The lowest BCUT2D eigenvalue weighted by Crippen LogP contribution is -2.19. The summed E-state index contributed by atoms with van der Waals surface area (Å²) in [6, 6.07) is 6.84. The predicted octanol–water partition coefficient (Wildman–Crippen LogP) is 2.62. The fraction of sp³-hybridized carbons (Fsp3) is 0.0769. The van der Waals surface area contributed by atoms with Crippen molar-refractivity contribution < 1.29 is 19.1 Å².